The van der Waals surface area contributed by atoms with Crippen molar-refractivity contribution in [1.82, 2.24) is 28.9 Å². The number of anilines is 1. The maximum atomic E-state index is 13.9. The largest absolute Gasteiger partial charge is 0.457 e. The second kappa shape index (κ2) is 11.6. The summed E-state index contributed by atoms with van der Waals surface area (Å²) in [5.41, 5.74) is 7.54. The Morgan fingerprint density at radius 2 is 1.77 bits per heavy atom. The number of para-hydroxylation sites is 1. The van der Waals surface area contributed by atoms with Crippen LogP contribution in [-0.2, 0) is 4.79 Å². The SMILES string of the molecule is Nc1ncnc2c1n(-c1ccc(Oc3ccccc3)cc1)c(=O)n2[C@@H]1CCN(C(=O)/C=C/CN2CCSCC2)C1. The summed E-state index contributed by atoms with van der Waals surface area (Å²) in [6.07, 6.45) is 5.63. The molecule has 6 rings (SSSR count). The zero-order valence-corrected chi connectivity index (χ0v) is 22.9. The molecule has 206 valence electrons. The van der Waals surface area contributed by atoms with Crippen molar-refractivity contribution in [2.75, 3.05) is 50.0 Å². The number of amides is 1. The Hall–Kier alpha value is -4.09. The number of likely N-dealkylation sites (tertiary alicyclic amines) is 1. The third-order valence-corrected chi connectivity index (χ3v) is 8.26. The Balaban J connectivity index is 1.23. The van der Waals surface area contributed by atoms with Crippen LogP contribution in [0.15, 0.2) is 77.9 Å². The molecule has 0 bridgehead atoms. The molecule has 0 spiro atoms. The van der Waals surface area contributed by atoms with Crippen LogP contribution in [0.25, 0.3) is 16.9 Å². The Morgan fingerprint density at radius 1 is 1.02 bits per heavy atom. The van der Waals surface area contributed by atoms with E-state index in [-0.39, 0.29) is 23.5 Å². The van der Waals surface area contributed by atoms with Crippen LogP contribution in [-0.4, -0.2) is 79.0 Å². The summed E-state index contributed by atoms with van der Waals surface area (Å²) in [4.78, 5) is 39.5. The predicted molar refractivity (Wildman–Crippen MR) is 157 cm³/mol. The van der Waals surface area contributed by atoms with Gasteiger partial charge in [-0.3, -0.25) is 18.8 Å². The van der Waals surface area contributed by atoms with Crippen molar-refractivity contribution in [3.05, 3.63) is 83.6 Å². The molecule has 2 aliphatic heterocycles. The van der Waals surface area contributed by atoms with Crippen molar-refractivity contribution >= 4 is 34.7 Å². The van der Waals surface area contributed by atoms with Crippen LogP contribution >= 0.6 is 11.8 Å². The van der Waals surface area contributed by atoms with Crippen molar-refractivity contribution < 1.29 is 9.53 Å². The third kappa shape index (κ3) is 5.34. The number of nitrogens with two attached hydrogens (primary N) is 1. The fourth-order valence-electron chi connectivity index (χ4n) is 5.27. The van der Waals surface area contributed by atoms with Gasteiger partial charge in [0.15, 0.2) is 11.5 Å². The zero-order valence-electron chi connectivity index (χ0n) is 22.1. The quantitative estimate of drug-likeness (QED) is 0.345. The molecule has 40 heavy (non-hydrogen) atoms. The minimum absolute atomic E-state index is 0.0335. The lowest BCUT2D eigenvalue weighted by molar-refractivity contribution is -0.125. The van der Waals surface area contributed by atoms with Crippen molar-refractivity contribution in [3.63, 3.8) is 0 Å². The van der Waals surface area contributed by atoms with Crippen LogP contribution in [0.1, 0.15) is 12.5 Å². The number of carbonyl (C=O) groups excluding carboxylic acids is 1. The van der Waals surface area contributed by atoms with E-state index in [4.69, 9.17) is 10.5 Å². The van der Waals surface area contributed by atoms with Crippen LogP contribution in [0.4, 0.5) is 5.82 Å². The van der Waals surface area contributed by atoms with E-state index in [1.165, 1.54) is 10.9 Å². The van der Waals surface area contributed by atoms with E-state index >= 15 is 0 Å². The highest BCUT2D eigenvalue weighted by molar-refractivity contribution is 7.99. The molecule has 4 aromatic rings. The molecule has 0 unspecified atom stereocenters. The molecule has 2 aromatic heterocycles. The van der Waals surface area contributed by atoms with Gasteiger partial charge in [-0.2, -0.15) is 11.8 Å². The Bertz CT molecular complexity index is 1580. The summed E-state index contributed by atoms with van der Waals surface area (Å²) >= 11 is 1.97. The summed E-state index contributed by atoms with van der Waals surface area (Å²) in [5, 5.41) is 0. The molecule has 4 heterocycles. The molecule has 2 aliphatic rings. The van der Waals surface area contributed by atoms with Crippen molar-refractivity contribution in [3.8, 4) is 17.2 Å². The van der Waals surface area contributed by atoms with Crippen molar-refractivity contribution in [2.24, 2.45) is 0 Å². The van der Waals surface area contributed by atoms with Crippen LogP contribution < -0.4 is 16.2 Å². The van der Waals surface area contributed by atoms with Crippen molar-refractivity contribution in [2.45, 2.75) is 12.5 Å². The molecule has 0 radical (unpaired) electrons. The van der Waals surface area contributed by atoms with Crippen LogP contribution in [0.5, 0.6) is 11.5 Å². The molecular formula is C29H31N7O3S. The lowest BCUT2D eigenvalue weighted by Gasteiger charge is -2.24. The summed E-state index contributed by atoms with van der Waals surface area (Å²) in [5.74, 6) is 3.83. The number of fused-ring (bicyclic) bond motifs is 1. The molecule has 2 saturated heterocycles. The first-order chi connectivity index (χ1) is 19.6. The maximum absolute atomic E-state index is 13.9. The normalized spacial score (nSPS) is 18.1. The highest BCUT2D eigenvalue weighted by atomic mass is 32.2. The van der Waals surface area contributed by atoms with E-state index in [1.807, 2.05) is 72.4 Å². The minimum Gasteiger partial charge on any atom is -0.457 e. The number of nitrogen functional groups attached to an aromatic ring is 1. The number of imidazole rings is 1. The van der Waals surface area contributed by atoms with E-state index in [2.05, 4.69) is 14.9 Å². The fourth-order valence-corrected chi connectivity index (χ4v) is 6.25. The second-order valence-electron chi connectivity index (χ2n) is 9.87. The Labute approximate surface area is 236 Å². The Morgan fingerprint density at radius 3 is 2.55 bits per heavy atom. The van der Waals surface area contributed by atoms with Crippen LogP contribution in [0.3, 0.4) is 0 Å². The first-order valence-corrected chi connectivity index (χ1v) is 14.6. The number of nitrogens with zero attached hydrogens (tertiary/aromatic N) is 6. The molecule has 2 N–H and O–H groups in total. The van der Waals surface area contributed by atoms with Gasteiger partial charge in [0, 0.05) is 50.3 Å². The number of ether oxygens (including phenoxy) is 1. The molecule has 0 aliphatic carbocycles. The van der Waals surface area contributed by atoms with E-state index in [0.29, 0.717) is 42.1 Å². The van der Waals surface area contributed by atoms with E-state index in [9.17, 15) is 9.59 Å². The number of benzene rings is 2. The minimum atomic E-state index is -0.267. The second-order valence-corrected chi connectivity index (χ2v) is 11.1. The van der Waals surface area contributed by atoms with E-state index < -0.39 is 0 Å². The third-order valence-electron chi connectivity index (χ3n) is 7.32. The van der Waals surface area contributed by atoms with Crippen molar-refractivity contribution in [1.29, 1.82) is 0 Å². The highest BCUT2D eigenvalue weighted by Crippen LogP contribution is 2.29. The van der Waals surface area contributed by atoms with Gasteiger partial charge < -0.3 is 15.4 Å². The lowest BCUT2D eigenvalue weighted by Crippen LogP contribution is -2.33. The van der Waals surface area contributed by atoms with E-state index in [1.54, 1.807) is 15.5 Å². The summed E-state index contributed by atoms with van der Waals surface area (Å²) in [7, 11) is 0. The molecule has 0 saturated carbocycles. The number of rotatable bonds is 7. The van der Waals surface area contributed by atoms with Gasteiger partial charge in [0.1, 0.15) is 23.3 Å². The molecule has 10 nitrogen and oxygen atoms in total. The summed E-state index contributed by atoms with van der Waals surface area (Å²) in [6, 6.07) is 16.5. The first kappa shape index (κ1) is 26.1. The smallest absolute Gasteiger partial charge is 0.335 e. The van der Waals surface area contributed by atoms with Gasteiger partial charge in [0.05, 0.1) is 11.7 Å². The average Bonchev–Trinajstić information content (AvgIpc) is 3.58. The number of aromatic nitrogens is 4. The Kier molecular flexibility index (Phi) is 7.56. The maximum Gasteiger partial charge on any atom is 0.335 e. The number of hydrogen-bond acceptors (Lipinski definition) is 8. The monoisotopic (exact) mass is 557 g/mol. The molecule has 2 fully saturated rings. The molecule has 11 heteroatoms. The molecule has 1 amide bonds. The van der Waals surface area contributed by atoms with Gasteiger partial charge in [-0.15, -0.1) is 0 Å². The molecule has 2 aromatic carbocycles. The van der Waals surface area contributed by atoms with Crippen LogP contribution in [0, 0.1) is 0 Å². The molecule has 1 atom stereocenters. The zero-order chi connectivity index (χ0) is 27.5. The topological polar surface area (TPSA) is 112 Å². The predicted octanol–water partition coefficient (Wildman–Crippen LogP) is 3.34. The lowest BCUT2D eigenvalue weighted by atomic mass is 10.2. The average molecular weight is 558 g/mol. The van der Waals surface area contributed by atoms with Gasteiger partial charge >= 0.3 is 5.69 Å². The summed E-state index contributed by atoms with van der Waals surface area (Å²) < 4.78 is 9.10. The number of hydrogen-bond donors (Lipinski definition) is 1. The number of carbonyl (C=O) groups is 1. The first-order valence-electron chi connectivity index (χ1n) is 13.4. The van der Waals surface area contributed by atoms with Gasteiger partial charge in [-0.25, -0.2) is 14.8 Å². The van der Waals surface area contributed by atoms with Gasteiger partial charge in [-0.05, 0) is 42.8 Å². The van der Waals surface area contributed by atoms with Crippen LogP contribution in [0.2, 0.25) is 0 Å². The fraction of sp³-hybridized carbons (Fsp3) is 0.310. The number of thioether (sulfide) groups is 1. The standard InChI is InChI=1S/C29H31N7O3S/c30-27-26-28(32-20-31-27)36(22-12-14-34(19-22)25(37)7-4-13-33-15-17-40-18-16-33)29(38)35(26)21-8-10-24(11-9-21)39-23-5-2-1-3-6-23/h1-11,20,22H,12-19H2,(H2,30,31,32)/b7-4+/t22-/m1/s1. The van der Waals surface area contributed by atoms with Gasteiger partial charge in [0.25, 0.3) is 0 Å². The summed E-state index contributed by atoms with van der Waals surface area (Å²) in [6.45, 7) is 3.88. The highest BCUT2D eigenvalue weighted by Gasteiger charge is 2.31. The molecular weight excluding hydrogens is 526 g/mol. The van der Waals surface area contributed by atoms with Gasteiger partial charge in [0.2, 0.25) is 5.91 Å². The van der Waals surface area contributed by atoms with Gasteiger partial charge in [-0.1, -0.05) is 24.3 Å². The van der Waals surface area contributed by atoms with E-state index in [0.717, 1.165) is 36.9 Å².